The van der Waals surface area contributed by atoms with Crippen LogP contribution in [-0.2, 0) is 22.9 Å². The van der Waals surface area contributed by atoms with Crippen molar-refractivity contribution in [2.24, 2.45) is 0 Å². The molecule has 1 aromatic carbocycles. The normalized spacial score (nSPS) is 12.1. The van der Waals surface area contributed by atoms with Crippen LogP contribution in [0.4, 0.5) is 17.6 Å². The highest BCUT2D eigenvalue weighted by molar-refractivity contribution is 5.79. The molecule has 1 heterocycles. The number of hydrogen-bond donors (Lipinski definition) is 1. The largest absolute Gasteiger partial charge is 0.433 e. The van der Waals surface area contributed by atoms with Crippen molar-refractivity contribution in [1.82, 2.24) is 15.3 Å². The Morgan fingerprint density at radius 3 is 2.48 bits per heavy atom. The van der Waals surface area contributed by atoms with E-state index in [1.807, 2.05) is 0 Å². The van der Waals surface area contributed by atoms with Crippen LogP contribution in [-0.4, -0.2) is 15.9 Å². The molecule has 0 spiro atoms. The van der Waals surface area contributed by atoms with E-state index in [0.29, 0.717) is 11.1 Å². The first-order valence-electron chi connectivity index (χ1n) is 7.46. The van der Waals surface area contributed by atoms with Gasteiger partial charge in [-0.25, -0.2) is 14.4 Å². The summed E-state index contributed by atoms with van der Waals surface area (Å²) in [5.74, 6) is -0.980. The highest BCUT2D eigenvalue weighted by atomic mass is 19.4. The number of hydrogen-bond acceptors (Lipinski definition) is 3. The van der Waals surface area contributed by atoms with Gasteiger partial charge in [-0.05, 0) is 50.1 Å². The summed E-state index contributed by atoms with van der Waals surface area (Å²) in [5, 5.41) is 2.62. The molecule has 0 radical (unpaired) electrons. The van der Waals surface area contributed by atoms with E-state index in [0.717, 1.165) is 12.3 Å². The van der Waals surface area contributed by atoms with Crippen LogP contribution in [0.25, 0.3) is 0 Å². The Morgan fingerprint density at radius 1 is 1.20 bits per heavy atom. The van der Waals surface area contributed by atoms with Crippen molar-refractivity contribution in [3.63, 3.8) is 0 Å². The van der Waals surface area contributed by atoms with Gasteiger partial charge < -0.3 is 5.32 Å². The molecule has 25 heavy (non-hydrogen) atoms. The molecule has 0 saturated heterocycles. The Kier molecular flexibility index (Phi) is 5.10. The van der Waals surface area contributed by atoms with Crippen LogP contribution in [0.2, 0.25) is 0 Å². The van der Waals surface area contributed by atoms with Gasteiger partial charge >= 0.3 is 6.18 Å². The molecule has 2 aromatic rings. The first kappa shape index (κ1) is 18.8. The maximum absolute atomic E-state index is 13.1. The van der Waals surface area contributed by atoms with Crippen LogP contribution in [0.15, 0.2) is 30.5 Å². The number of aryl methyl sites for hydroxylation is 1. The second kappa shape index (κ2) is 6.78. The van der Waals surface area contributed by atoms with Gasteiger partial charge in [-0.2, -0.15) is 13.2 Å². The lowest BCUT2D eigenvalue weighted by molar-refractivity contribution is -0.141. The Morgan fingerprint density at radius 2 is 1.88 bits per heavy atom. The van der Waals surface area contributed by atoms with Crippen molar-refractivity contribution in [3.05, 3.63) is 58.9 Å². The Hall–Kier alpha value is -2.51. The predicted molar refractivity (Wildman–Crippen MR) is 83.0 cm³/mol. The number of nitrogens with zero attached hydrogens (tertiary/aromatic N) is 2. The third kappa shape index (κ3) is 4.74. The average Bonchev–Trinajstić information content (AvgIpc) is 2.49. The van der Waals surface area contributed by atoms with Gasteiger partial charge in [-0.3, -0.25) is 4.79 Å². The van der Waals surface area contributed by atoms with E-state index in [9.17, 15) is 22.4 Å². The van der Waals surface area contributed by atoms with Crippen LogP contribution in [0.1, 0.15) is 36.5 Å². The standard InChI is InChI=1S/C17H17F4N3O/c1-10-8-12(18)5-4-11(10)9-14(25)24-16(2,3)15-22-7-6-13(23-15)17(19,20)21/h4-8H,9H2,1-3H3,(H,24,25). The van der Waals surface area contributed by atoms with E-state index in [1.165, 1.54) is 32.0 Å². The highest BCUT2D eigenvalue weighted by Crippen LogP contribution is 2.28. The number of carbonyl (C=O) groups is 1. The van der Waals surface area contributed by atoms with Crippen LogP contribution in [0.5, 0.6) is 0 Å². The van der Waals surface area contributed by atoms with Crippen LogP contribution < -0.4 is 5.32 Å². The quantitative estimate of drug-likeness (QED) is 0.854. The van der Waals surface area contributed by atoms with Crippen molar-refractivity contribution < 1.29 is 22.4 Å². The van der Waals surface area contributed by atoms with Gasteiger partial charge in [0.1, 0.15) is 11.5 Å². The zero-order valence-electron chi connectivity index (χ0n) is 13.9. The molecule has 4 nitrogen and oxygen atoms in total. The minimum Gasteiger partial charge on any atom is -0.344 e. The summed E-state index contributed by atoms with van der Waals surface area (Å²) in [5.41, 5.74) is -1.04. The fourth-order valence-corrected chi connectivity index (χ4v) is 2.30. The van der Waals surface area contributed by atoms with E-state index in [4.69, 9.17) is 0 Å². The molecular formula is C17H17F4N3O. The molecule has 1 amide bonds. The number of rotatable bonds is 4. The average molecular weight is 355 g/mol. The number of aromatic nitrogens is 2. The number of benzene rings is 1. The zero-order chi connectivity index (χ0) is 18.8. The van der Waals surface area contributed by atoms with Crippen molar-refractivity contribution in [1.29, 1.82) is 0 Å². The Balaban J connectivity index is 2.16. The van der Waals surface area contributed by atoms with E-state index in [1.54, 1.807) is 6.92 Å². The van der Waals surface area contributed by atoms with Gasteiger partial charge in [0, 0.05) is 6.20 Å². The fraction of sp³-hybridized carbons (Fsp3) is 0.353. The van der Waals surface area contributed by atoms with E-state index in [-0.39, 0.29) is 12.2 Å². The summed E-state index contributed by atoms with van der Waals surface area (Å²) in [6, 6.07) is 4.82. The summed E-state index contributed by atoms with van der Waals surface area (Å²) >= 11 is 0. The van der Waals surface area contributed by atoms with Crippen molar-refractivity contribution in [2.75, 3.05) is 0 Å². The number of alkyl halides is 3. The minimum absolute atomic E-state index is 0.0332. The molecule has 134 valence electrons. The molecule has 0 fully saturated rings. The molecule has 0 bridgehead atoms. The third-order valence-electron chi connectivity index (χ3n) is 3.61. The number of amides is 1. The van der Waals surface area contributed by atoms with Crippen molar-refractivity contribution >= 4 is 5.91 Å². The van der Waals surface area contributed by atoms with Gasteiger partial charge in [0.2, 0.25) is 5.91 Å². The molecule has 0 aliphatic heterocycles. The fourth-order valence-electron chi connectivity index (χ4n) is 2.30. The lowest BCUT2D eigenvalue weighted by Crippen LogP contribution is -2.43. The van der Waals surface area contributed by atoms with Crippen LogP contribution >= 0.6 is 0 Å². The first-order valence-corrected chi connectivity index (χ1v) is 7.46. The summed E-state index contributed by atoms with van der Waals surface area (Å²) in [6.07, 6.45) is -3.62. The molecule has 0 unspecified atom stereocenters. The second-order valence-corrected chi connectivity index (χ2v) is 6.18. The SMILES string of the molecule is Cc1cc(F)ccc1CC(=O)NC(C)(C)c1nccc(C(F)(F)F)n1. The van der Waals surface area contributed by atoms with Crippen molar-refractivity contribution in [2.45, 2.75) is 38.9 Å². The van der Waals surface area contributed by atoms with Gasteiger partial charge in [0.05, 0.1) is 12.0 Å². The third-order valence-corrected chi connectivity index (χ3v) is 3.61. The van der Waals surface area contributed by atoms with E-state index in [2.05, 4.69) is 15.3 Å². The predicted octanol–water partition coefficient (Wildman–Crippen LogP) is 3.54. The van der Waals surface area contributed by atoms with E-state index >= 15 is 0 Å². The molecule has 1 aromatic heterocycles. The monoisotopic (exact) mass is 355 g/mol. The van der Waals surface area contributed by atoms with Crippen LogP contribution in [0, 0.1) is 12.7 Å². The summed E-state index contributed by atoms with van der Waals surface area (Å²) in [4.78, 5) is 19.6. The van der Waals surface area contributed by atoms with Gasteiger partial charge in [-0.1, -0.05) is 6.07 Å². The summed E-state index contributed by atoms with van der Waals surface area (Å²) < 4.78 is 51.4. The topological polar surface area (TPSA) is 54.9 Å². The van der Waals surface area contributed by atoms with Gasteiger partial charge in [0.25, 0.3) is 0 Å². The smallest absolute Gasteiger partial charge is 0.344 e. The molecule has 0 aliphatic carbocycles. The molecular weight excluding hydrogens is 338 g/mol. The van der Waals surface area contributed by atoms with Crippen LogP contribution in [0.3, 0.4) is 0 Å². The maximum Gasteiger partial charge on any atom is 0.433 e. The number of halogens is 4. The Bertz CT molecular complexity index is 788. The van der Waals surface area contributed by atoms with Crippen molar-refractivity contribution in [3.8, 4) is 0 Å². The molecule has 0 saturated carbocycles. The molecule has 0 aliphatic rings. The summed E-state index contributed by atoms with van der Waals surface area (Å²) in [7, 11) is 0. The zero-order valence-corrected chi connectivity index (χ0v) is 13.9. The number of nitrogens with one attached hydrogen (secondary N) is 1. The first-order chi connectivity index (χ1) is 11.5. The van der Waals surface area contributed by atoms with E-state index < -0.39 is 29.1 Å². The lowest BCUT2D eigenvalue weighted by atomic mass is 10.0. The highest BCUT2D eigenvalue weighted by Gasteiger charge is 2.35. The lowest BCUT2D eigenvalue weighted by Gasteiger charge is -2.25. The molecule has 8 heteroatoms. The summed E-state index contributed by atoms with van der Waals surface area (Å²) in [6.45, 7) is 4.70. The second-order valence-electron chi connectivity index (χ2n) is 6.18. The minimum atomic E-state index is -4.59. The number of carbonyl (C=O) groups excluding carboxylic acids is 1. The Labute approximate surface area is 142 Å². The maximum atomic E-state index is 13.1. The molecule has 2 rings (SSSR count). The van der Waals surface area contributed by atoms with Gasteiger partial charge in [0.15, 0.2) is 5.82 Å². The molecule has 0 atom stereocenters. The molecule has 1 N–H and O–H groups in total. The van der Waals surface area contributed by atoms with Gasteiger partial charge in [-0.15, -0.1) is 0 Å².